The summed E-state index contributed by atoms with van der Waals surface area (Å²) >= 11 is 0. The number of hydrogen-bond donors (Lipinski definition) is 2. The molecule has 2 aliphatic rings. The normalized spacial score (nSPS) is 32.7. The minimum absolute atomic E-state index is 0.0597. The maximum absolute atomic E-state index is 12.0. The monoisotopic (exact) mass is 268 g/mol. The molecule has 0 radical (unpaired) electrons. The Hall–Kier alpha value is -1.30. The number of ether oxygens (including phenoxy) is 1. The van der Waals surface area contributed by atoms with Crippen LogP contribution in [0.15, 0.2) is 5.11 Å². The van der Waals surface area contributed by atoms with Gasteiger partial charge in [0.2, 0.25) is 0 Å². The van der Waals surface area contributed by atoms with E-state index in [4.69, 9.17) is 10.3 Å². The zero-order chi connectivity index (χ0) is 13.7. The summed E-state index contributed by atoms with van der Waals surface area (Å²) in [5.41, 5.74) is 8.11. The smallest absolute Gasteiger partial charge is 0.313 e. The lowest BCUT2D eigenvalue weighted by atomic mass is 9.89. The molecule has 2 fully saturated rings. The summed E-state index contributed by atoms with van der Waals surface area (Å²) in [6, 6.07) is 0.414. The van der Waals surface area contributed by atoms with Gasteiger partial charge in [0.25, 0.3) is 0 Å². The van der Waals surface area contributed by atoms with Gasteiger partial charge in [0.1, 0.15) is 0 Å². The fraction of sp³-hybridized carbons (Fsp3) is 0.917. The summed E-state index contributed by atoms with van der Waals surface area (Å²) in [5.74, 6) is -0.745. The second kappa shape index (κ2) is 6.75. The van der Waals surface area contributed by atoms with Gasteiger partial charge in [-0.1, -0.05) is 5.11 Å². The number of fused-ring (bicyclic) bond motifs is 2. The van der Waals surface area contributed by atoms with Gasteiger partial charge in [0.05, 0.1) is 18.6 Å². The molecule has 19 heavy (non-hydrogen) atoms. The standard InChI is InChI=1S/C12H20N4O3/c13-16-14-5-1-2-6-19-12(18)11-9-4-3-8(15-9)7-10(11)17/h8-11,15,17H,1-7H2/t8?,9?,10?,11-/m1/s1. The van der Waals surface area contributed by atoms with Crippen molar-refractivity contribution in [1.29, 1.82) is 0 Å². The van der Waals surface area contributed by atoms with E-state index in [2.05, 4.69) is 15.3 Å². The lowest BCUT2D eigenvalue weighted by Crippen LogP contribution is -2.51. The Morgan fingerprint density at radius 3 is 3.11 bits per heavy atom. The van der Waals surface area contributed by atoms with Crippen LogP contribution in [0.1, 0.15) is 32.1 Å². The van der Waals surface area contributed by atoms with E-state index < -0.39 is 12.0 Å². The Bertz CT molecular complexity index is 370. The van der Waals surface area contributed by atoms with Crippen LogP contribution in [0.4, 0.5) is 0 Å². The largest absolute Gasteiger partial charge is 0.465 e. The van der Waals surface area contributed by atoms with Crippen LogP contribution in [-0.4, -0.2) is 42.4 Å². The number of aliphatic hydroxyl groups excluding tert-OH is 1. The molecule has 4 atom stereocenters. The van der Waals surface area contributed by atoms with Gasteiger partial charge in [-0.05, 0) is 37.6 Å². The predicted molar refractivity (Wildman–Crippen MR) is 68.3 cm³/mol. The van der Waals surface area contributed by atoms with Crippen LogP contribution < -0.4 is 5.32 Å². The van der Waals surface area contributed by atoms with Crippen LogP contribution in [0.25, 0.3) is 10.4 Å². The van der Waals surface area contributed by atoms with Crippen LogP contribution in [0, 0.1) is 5.92 Å². The number of esters is 1. The van der Waals surface area contributed by atoms with Gasteiger partial charge in [0.15, 0.2) is 0 Å². The van der Waals surface area contributed by atoms with Gasteiger partial charge >= 0.3 is 5.97 Å². The van der Waals surface area contributed by atoms with E-state index in [9.17, 15) is 9.90 Å². The van der Waals surface area contributed by atoms with Crippen molar-refractivity contribution in [3.05, 3.63) is 10.4 Å². The second-order valence-corrected chi connectivity index (χ2v) is 5.21. The molecule has 0 aromatic rings. The van der Waals surface area contributed by atoms with E-state index in [0.29, 0.717) is 38.5 Å². The first kappa shape index (κ1) is 14.1. The molecule has 0 spiro atoms. The van der Waals surface area contributed by atoms with Gasteiger partial charge < -0.3 is 15.2 Å². The molecule has 0 aliphatic carbocycles. The molecule has 7 nitrogen and oxygen atoms in total. The van der Waals surface area contributed by atoms with E-state index in [-0.39, 0.29) is 12.0 Å². The lowest BCUT2D eigenvalue weighted by Gasteiger charge is -2.32. The lowest BCUT2D eigenvalue weighted by molar-refractivity contribution is -0.155. The highest BCUT2D eigenvalue weighted by atomic mass is 16.5. The zero-order valence-corrected chi connectivity index (χ0v) is 10.9. The molecule has 2 bridgehead atoms. The molecule has 2 heterocycles. The highest BCUT2D eigenvalue weighted by Crippen LogP contribution is 2.32. The molecule has 7 heteroatoms. The van der Waals surface area contributed by atoms with Gasteiger partial charge in [-0.3, -0.25) is 4.79 Å². The minimum Gasteiger partial charge on any atom is -0.465 e. The first-order chi connectivity index (χ1) is 9.22. The van der Waals surface area contributed by atoms with Gasteiger partial charge in [0, 0.05) is 23.5 Å². The number of piperidine rings is 1. The third kappa shape index (κ3) is 3.59. The summed E-state index contributed by atoms with van der Waals surface area (Å²) in [7, 11) is 0. The molecule has 3 unspecified atom stereocenters. The molecule has 2 saturated heterocycles. The number of carbonyl (C=O) groups is 1. The summed E-state index contributed by atoms with van der Waals surface area (Å²) in [6.45, 7) is 0.741. The van der Waals surface area contributed by atoms with E-state index >= 15 is 0 Å². The SMILES string of the molecule is [N-]=[N+]=NCCCCOC(=O)[C@H]1C(O)CC2CCC1N2. The minimum atomic E-state index is -0.588. The van der Waals surface area contributed by atoms with Crippen molar-refractivity contribution in [1.82, 2.24) is 5.32 Å². The second-order valence-electron chi connectivity index (χ2n) is 5.21. The molecule has 0 amide bonds. The van der Waals surface area contributed by atoms with Gasteiger partial charge in [-0.2, -0.15) is 0 Å². The van der Waals surface area contributed by atoms with Crippen molar-refractivity contribution in [3.8, 4) is 0 Å². The molecule has 2 aliphatic heterocycles. The molecule has 0 saturated carbocycles. The van der Waals surface area contributed by atoms with Crippen LogP contribution >= 0.6 is 0 Å². The van der Waals surface area contributed by atoms with Gasteiger partial charge in [-0.15, -0.1) is 0 Å². The van der Waals surface area contributed by atoms with Crippen molar-refractivity contribution < 1.29 is 14.6 Å². The summed E-state index contributed by atoms with van der Waals surface area (Å²) in [5, 5.41) is 16.8. The zero-order valence-electron chi connectivity index (χ0n) is 10.9. The quantitative estimate of drug-likeness (QED) is 0.247. The Morgan fingerprint density at radius 2 is 2.32 bits per heavy atom. The van der Waals surface area contributed by atoms with E-state index in [1.165, 1.54) is 0 Å². The van der Waals surface area contributed by atoms with Crippen molar-refractivity contribution in [3.63, 3.8) is 0 Å². The Morgan fingerprint density at radius 1 is 1.47 bits per heavy atom. The summed E-state index contributed by atoms with van der Waals surface area (Å²) in [6.07, 6.45) is 3.38. The number of azide groups is 1. The van der Waals surface area contributed by atoms with Gasteiger partial charge in [-0.25, -0.2) is 0 Å². The summed E-state index contributed by atoms with van der Waals surface area (Å²) < 4.78 is 5.21. The number of nitrogens with one attached hydrogen (secondary N) is 1. The maximum atomic E-state index is 12.0. The van der Waals surface area contributed by atoms with Crippen molar-refractivity contribution >= 4 is 5.97 Å². The van der Waals surface area contributed by atoms with Crippen LogP contribution in [-0.2, 0) is 9.53 Å². The first-order valence-corrected chi connectivity index (χ1v) is 6.84. The molecule has 0 aromatic heterocycles. The molecule has 0 aromatic carbocycles. The first-order valence-electron chi connectivity index (χ1n) is 6.84. The molecule has 2 rings (SSSR count). The average Bonchev–Trinajstić information content (AvgIpc) is 2.76. The number of hydrogen-bond acceptors (Lipinski definition) is 5. The predicted octanol–water partition coefficient (Wildman–Crippen LogP) is 1.12. The number of rotatable bonds is 6. The summed E-state index contributed by atoms with van der Waals surface area (Å²) in [4.78, 5) is 14.6. The van der Waals surface area contributed by atoms with E-state index in [1.807, 2.05) is 0 Å². The van der Waals surface area contributed by atoms with Crippen molar-refractivity contribution in [2.24, 2.45) is 11.0 Å². The van der Waals surface area contributed by atoms with Crippen molar-refractivity contribution in [2.75, 3.05) is 13.2 Å². The topological polar surface area (TPSA) is 107 Å². The Balaban J connectivity index is 1.71. The van der Waals surface area contributed by atoms with Crippen molar-refractivity contribution in [2.45, 2.75) is 50.3 Å². The maximum Gasteiger partial charge on any atom is 0.313 e. The Kier molecular flexibility index (Phi) is 5.01. The molecule has 2 N–H and O–H groups in total. The number of nitrogens with zero attached hydrogens (tertiary/aromatic N) is 3. The van der Waals surface area contributed by atoms with E-state index in [0.717, 1.165) is 12.8 Å². The number of unbranched alkanes of at least 4 members (excludes halogenated alkanes) is 1. The highest BCUT2D eigenvalue weighted by Gasteiger charge is 2.45. The third-order valence-electron chi connectivity index (χ3n) is 3.88. The fourth-order valence-corrected chi connectivity index (χ4v) is 2.95. The van der Waals surface area contributed by atoms with Crippen LogP contribution in [0.5, 0.6) is 0 Å². The highest BCUT2D eigenvalue weighted by molar-refractivity contribution is 5.74. The molecular formula is C12H20N4O3. The Labute approximate surface area is 111 Å². The number of carbonyl (C=O) groups excluding carboxylic acids is 1. The van der Waals surface area contributed by atoms with E-state index in [1.54, 1.807) is 0 Å². The third-order valence-corrected chi connectivity index (χ3v) is 3.88. The van der Waals surface area contributed by atoms with Crippen LogP contribution in [0.3, 0.4) is 0 Å². The molecule has 106 valence electrons. The van der Waals surface area contributed by atoms with Crippen LogP contribution in [0.2, 0.25) is 0 Å². The fourth-order valence-electron chi connectivity index (χ4n) is 2.95. The number of aliphatic hydroxyl groups is 1. The molecular weight excluding hydrogens is 248 g/mol. The average molecular weight is 268 g/mol.